The topological polar surface area (TPSA) is 69.4 Å². The van der Waals surface area contributed by atoms with E-state index in [0.717, 1.165) is 24.8 Å². The lowest BCUT2D eigenvalue weighted by Crippen LogP contribution is -2.50. The highest BCUT2D eigenvalue weighted by atomic mass is 35.5. The lowest BCUT2D eigenvalue weighted by molar-refractivity contribution is -0.251. The second-order valence-electron chi connectivity index (χ2n) is 7.68. The van der Waals surface area contributed by atoms with E-state index in [0.29, 0.717) is 29.7 Å². The summed E-state index contributed by atoms with van der Waals surface area (Å²) in [6.45, 7) is 4.95. The van der Waals surface area contributed by atoms with Crippen LogP contribution < -0.4 is 0 Å². The second kappa shape index (κ2) is 9.55. The largest absolute Gasteiger partial charge is 0.390 e. The number of aliphatic hydroxyl groups is 1. The minimum Gasteiger partial charge on any atom is -0.390 e. The standard InChI is InChI=1S/C20H27Cl2N3O3/c1-3-4-5-18-27-10-20(2,11-28-18)19(26)17(25-13-23-12-24-25)8-14-6-7-15(21)9-16(14)22/h6-7,9,12-13,17-19,26H,3-5,8,10-11H2,1-2H3. The molecule has 1 fully saturated rings. The van der Waals surface area contributed by atoms with Gasteiger partial charge < -0.3 is 14.6 Å². The van der Waals surface area contributed by atoms with Gasteiger partial charge in [-0.2, -0.15) is 5.10 Å². The van der Waals surface area contributed by atoms with Crippen molar-refractivity contribution in [1.29, 1.82) is 0 Å². The molecule has 1 aromatic carbocycles. The summed E-state index contributed by atoms with van der Waals surface area (Å²) in [4.78, 5) is 4.04. The first-order valence-corrected chi connectivity index (χ1v) is 10.4. The van der Waals surface area contributed by atoms with Crippen molar-refractivity contribution in [3.8, 4) is 0 Å². The van der Waals surface area contributed by atoms with Gasteiger partial charge in [-0.05, 0) is 37.0 Å². The monoisotopic (exact) mass is 427 g/mol. The predicted octanol–water partition coefficient (Wildman–Crippen LogP) is 4.30. The second-order valence-corrected chi connectivity index (χ2v) is 8.52. The molecule has 1 N–H and O–H groups in total. The van der Waals surface area contributed by atoms with Gasteiger partial charge in [-0.3, -0.25) is 0 Å². The number of rotatable bonds is 8. The Morgan fingerprint density at radius 3 is 2.68 bits per heavy atom. The predicted molar refractivity (Wildman–Crippen MR) is 109 cm³/mol. The zero-order valence-corrected chi connectivity index (χ0v) is 17.7. The molecule has 2 heterocycles. The maximum atomic E-state index is 11.3. The molecule has 1 aromatic heterocycles. The molecule has 2 unspecified atom stereocenters. The average Bonchev–Trinajstić information content (AvgIpc) is 3.21. The summed E-state index contributed by atoms with van der Waals surface area (Å²) < 4.78 is 13.5. The SMILES string of the molecule is CCCCC1OCC(C)(C(O)C(Cc2ccc(Cl)cc2Cl)n2cncn2)CO1. The van der Waals surface area contributed by atoms with Crippen molar-refractivity contribution in [1.82, 2.24) is 14.8 Å². The smallest absolute Gasteiger partial charge is 0.157 e. The fraction of sp³-hybridized carbons (Fsp3) is 0.600. The Morgan fingerprint density at radius 2 is 2.07 bits per heavy atom. The Hall–Kier alpha value is -1.18. The molecule has 0 saturated carbocycles. The van der Waals surface area contributed by atoms with Crippen LogP contribution in [-0.4, -0.2) is 45.5 Å². The Balaban J connectivity index is 1.77. The van der Waals surface area contributed by atoms with E-state index in [9.17, 15) is 5.11 Å². The van der Waals surface area contributed by atoms with Gasteiger partial charge in [0.2, 0.25) is 0 Å². The molecule has 28 heavy (non-hydrogen) atoms. The number of nitrogens with zero attached hydrogens (tertiary/aromatic N) is 3. The minimum atomic E-state index is -0.770. The lowest BCUT2D eigenvalue weighted by atomic mass is 9.79. The van der Waals surface area contributed by atoms with Crippen LogP contribution in [0.3, 0.4) is 0 Å². The Bertz CT molecular complexity index is 749. The molecule has 1 aliphatic heterocycles. The van der Waals surface area contributed by atoms with E-state index in [4.69, 9.17) is 32.7 Å². The van der Waals surface area contributed by atoms with Crippen molar-refractivity contribution in [3.63, 3.8) is 0 Å². The number of halogens is 2. The molecule has 1 aliphatic rings. The molecular weight excluding hydrogens is 401 g/mol. The van der Waals surface area contributed by atoms with Gasteiger partial charge in [0.1, 0.15) is 12.7 Å². The number of hydrogen-bond acceptors (Lipinski definition) is 5. The highest BCUT2D eigenvalue weighted by Gasteiger charge is 2.43. The van der Waals surface area contributed by atoms with Gasteiger partial charge in [0, 0.05) is 15.5 Å². The summed E-state index contributed by atoms with van der Waals surface area (Å²) in [5, 5.41) is 16.7. The van der Waals surface area contributed by atoms with Crippen molar-refractivity contribution in [2.75, 3.05) is 13.2 Å². The summed E-state index contributed by atoms with van der Waals surface area (Å²) in [5.41, 5.74) is 0.311. The first-order chi connectivity index (χ1) is 13.4. The van der Waals surface area contributed by atoms with E-state index < -0.39 is 11.5 Å². The normalized spacial score (nSPS) is 24.8. The number of ether oxygens (including phenoxy) is 2. The van der Waals surface area contributed by atoms with Crippen LogP contribution in [0.25, 0.3) is 0 Å². The Kier molecular flexibility index (Phi) is 7.34. The third-order valence-corrected chi connectivity index (χ3v) is 5.88. The van der Waals surface area contributed by atoms with Crippen LogP contribution in [0.5, 0.6) is 0 Å². The van der Waals surface area contributed by atoms with Crippen LogP contribution in [0, 0.1) is 5.41 Å². The molecule has 3 rings (SSSR count). The van der Waals surface area contributed by atoms with Crippen molar-refractivity contribution in [2.45, 2.75) is 58.0 Å². The van der Waals surface area contributed by atoms with Gasteiger partial charge in [-0.1, -0.05) is 49.5 Å². The van der Waals surface area contributed by atoms with Gasteiger partial charge in [0.15, 0.2) is 6.29 Å². The molecule has 0 amide bonds. The molecule has 8 heteroatoms. The van der Waals surface area contributed by atoms with Crippen LogP contribution in [0.2, 0.25) is 10.0 Å². The molecule has 0 bridgehead atoms. The summed E-state index contributed by atoms with van der Waals surface area (Å²) >= 11 is 12.4. The van der Waals surface area contributed by atoms with E-state index in [-0.39, 0.29) is 12.3 Å². The summed E-state index contributed by atoms with van der Waals surface area (Å²) in [6, 6.07) is 5.00. The molecular formula is C20H27Cl2N3O3. The van der Waals surface area contributed by atoms with Crippen LogP contribution in [0.1, 0.15) is 44.7 Å². The zero-order valence-electron chi connectivity index (χ0n) is 16.2. The van der Waals surface area contributed by atoms with E-state index in [1.54, 1.807) is 23.1 Å². The molecule has 154 valence electrons. The highest BCUT2D eigenvalue weighted by Crippen LogP contribution is 2.36. The molecule has 2 aromatic rings. The van der Waals surface area contributed by atoms with Crippen LogP contribution in [-0.2, 0) is 15.9 Å². The van der Waals surface area contributed by atoms with Crippen molar-refractivity contribution < 1.29 is 14.6 Å². The van der Waals surface area contributed by atoms with E-state index in [1.165, 1.54) is 6.33 Å². The first-order valence-electron chi connectivity index (χ1n) is 9.62. The molecule has 0 spiro atoms. The van der Waals surface area contributed by atoms with Gasteiger partial charge >= 0.3 is 0 Å². The number of benzene rings is 1. The number of hydrogen-bond donors (Lipinski definition) is 1. The zero-order chi connectivity index (χ0) is 20.1. The average molecular weight is 428 g/mol. The van der Waals surface area contributed by atoms with Crippen molar-refractivity contribution in [2.24, 2.45) is 5.41 Å². The van der Waals surface area contributed by atoms with Gasteiger partial charge in [0.25, 0.3) is 0 Å². The summed E-state index contributed by atoms with van der Waals surface area (Å²) in [7, 11) is 0. The van der Waals surface area contributed by atoms with E-state index >= 15 is 0 Å². The minimum absolute atomic E-state index is 0.198. The molecule has 0 radical (unpaired) electrons. The molecule has 2 atom stereocenters. The fourth-order valence-electron chi connectivity index (χ4n) is 3.48. The number of unbranched alkanes of at least 4 members (excludes halogenated alkanes) is 1. The molecule has 6 nitrogen and oxygen atoms in total. The third-order valence-electron chi connectivity index (χ3n) is 5.29. The first kappa shape index (κ1) is 21.5. The maximum absolute atomic E-state index is 11.3. The number of aliphatic hydroxyl groups excluding tert-OH is 1. The van der Waals surface area contributed by atoms with Crippen molar-refractivity contribution >= 4 is 23.2 Å². The lowest BCUT2D eigenvalue weighted by Gasteiger charge is -2.43. The Labute approximate surface area is 175 Å². The van der Waals surface area contributed by atoms with Crippen LogP contribution in [0.4, 0.5) is 0 Å². The molecule has 1 saturated heterocycles. The number of aromatic nitrogens is 3. The van der Waals surface area contributed by atoms with Gasteiger partial charge in [0.05, 0.1) is 25.4 Å². The maximum Gasteiger partial charge on any atom is 0.157 e. The fourth-order valence-corrected chi connectivity index (χ4v) is 3.97. The van der Waals surface area contributed by atoms with Crippen LogP contribution >= 0.6 is 23.2 Å². The van der Waals surface area contributed by atoms with E-state index in [2.05, 4.69) is 17.0 Å². The van der Waals surface area contributed by atoms with Gasteiger partial charge in [-0.15, -0.1) is 0 Å². The summed E-state index contributed by atoms with van der Waals surface area (Å²) in [6.07, 6.45) is 5.60. The molecule has 0 aliphatic carbocycles. The highest BCUT2D eigenvalue weighted by molar-refractivity contribution is 6.35. The van der Waals surface area contributed by atoms with Gasteiger partial charge in [-0.25, -0.2) is 9.67 Å². The Morgan fingerprint density at radius 1 is 1.32 bits per heavy atom. The van der Waals surface area contributed by atoms with E-state index in [1.807, 2.05) is 13.0 Å². The van der Waals surface area contributed by atoms with Crippen LogP contribution in [0.15, 0.2) is 30.9 Å². The summed E-state index contributed by atoms with van der Waals surface area (Å²) in [5.74, 6) is 0. The quantitative estimate of drug-likeness (QED) is 0.679. The third kappa shape index (κ3) is 5.05. The van der Waals surface area contributed by atoms with Crippen molar-refractivity contribution in [3.05, 3.63) is 46.5 Å².